The number of hydrogen-bond donors (Lipinski definition) is 3. The molecule has 9 heteroatoms. The first-order valence-electron chi connectivity index (χ1n) is 8.21. The van der Waals surface area contributed by atoms with Crippen molar-refractivity contribution in [3.05, 3.63) is 66.7 Å². The molecule has 141 valence electrons. The zero-order valence-electron chi connectivity index (χ0n) is 15.3. The number of hydrogen-bond acceptors (Lipinski definition) is 6. The average molecular weight is 417 g/mol. The van der Waals surface area contributed by atoms with Gasteiger partial charge in [-0.3, -0.25) is 4.55 Å². The molecule has 0 unspecified atom stereocenters. The average Bonchev–Trinajstić information content (AvgIpc) is 2.67. The summed E-state index contributed by atoms with van der Waals surface area (Å²) in [7, 11) is -4.54. The SMILES string of the molecule is O=S(=O)(O)c1cc(O)c(N=Nc2ccc3ccccc3c2O)c2ccccc12.[Na]. The van der Waals surface area contributed by atoms with Crippen molar-refractivity contribution in [1.29, 1.82) is 0 Å². The van der Waals surface area contributed by atoms with Crippen LogP contribution in [0.2, 0.25) is 0 Å². The maximum Gasteiger partial charge on any atom is 0.295 e. The van der Waals surface area contributed by atoms with Crippen LogP contribution in [-0.4, -0.2) is 52.7 Å². The van der Waals surface area contributed by atoms with Crippen LogP contribution in [0, 0.1) is 0 Å². The Morgan fingerprint density at radius 1 is 0.759 bits per heavy atom. The van der Waals surface area contributed by atoms with E-state index in [1.165, 1.54) is 6.07 Å². The van der Waals surface area contributed by atoms with Crippen LogP contribution in [0.25, 0.3) is 21.5 Å². The summed E-state index contributed by atoms with van der Waals surface area (Å²) in [6.07, 6.45) is 0. The molecule has 0 aliphatic heterocycles. The Morgan fingerprint density at radius 3 is 2.07 bits per heavy atom. The molecule has 1 radical (unpaired) electrons. The normalized spacial score (nSPS) is 11.8. The van der Waals surface area contributed by atoms with Crippen molar-refractivity contribution < 1.29 is 23.2 Å². The van der Waals surface area contributed by atoms with Crippen molar-refractivity contribution in [3.8, 4) is 11.5 Å². The van der Waals surface area contributed by atoms with E-state index in [1.807, 2.05) is 12.1 Å². The number of phenolic OH excluding ortho intramolecular Hbond substituents is 2. The van der Waals surface area contributed by atoms with E-state index >= 15 is 0 Å². The molecule has 0 spiro atoms. The summed E-state index contributed by atoms with van der Waals surface area (Å²) < 4.78 is 32.7. The summed E-state index contributed by atoms with van der Waals surface area (Å²) in [4.78, 5) is -0.423. The first kappa shape index (κ1) is 21.2. The second-order valence-electron chi connectivity index (χ2n) is 6.12. The number of aromatic hydroxyl groups is 2. The van der Waals surface area contributed by atoms with Gasteiger partial charge in [0.2, 0.25) is 0 Å². The predicted molar refractivity (Wildman–Crippen MR) is 111 cm³/mol. The number of benzene rings is 4. The second kappa shape index (κ2) is 8.10. The first-order valence-corrected chi connectivity index (χ1v) is 9.65. The zero-order chi connectivity index (χ0) is 19.9. The summed E-state index contributed by atoms with van der Waals surface area (Å²) in [5.74, 6) is -0.518. The van der Waals surface area contributed by atoms with E-state index in [4.69, 9.17) is 0 Å². The number of fused-ring (bicyclic) bond motifs is 2. The predicted octanol–water partition coefficient (Wildman–Crippen LogP) is 4.69. The Hall–Kier alpha value is -2.49. The molecule has 0 aliphatic rings. The second-order valence-corrected chi connectivity index (χ2v) is 7.51. The molecule has 4 aromatic carbocycles. The van der Waals surface area contributed by atoms with E-state index < -0.39 is 20.8 Å². The largest absolute Gasteiger partial charge is 0.506 e. The van der Waals surface area contributed by atoms with E-state index in [9.17, 15) is 23.2 Å². The van der Waals surface area contributed by atoms with Crippen molar-refractivity contribution in [3.63, 3.8) is 0 Å². The summed E-state index contributed by atoms with van der Waals surface area (Å²) in [6.45, 7) is 0. The van der Waals surface area contributed by atoms with Gasteiger partial charge in [0.05, 0.1) is 0 Å². The van der Waals surface area contributed by atoms with Crippen molar-refractivity contribution in [1.82, 2.24) is 0 Å². The summed E-state index contributed by atoms with van der Waals surface area (Å²) in [6, 6.07) is 17.8. The van der Waals surface area contributed by atoms with Gasteiger partial charge in [-0.15, -0.1) is 10.2 Å². The van der Waals surface area contributed by atoms with Crippen LogP contribution in [-0.2, 0) is 10.1 Å². The summed E-state index contributed by atoms with van der Waals surface area (Å²) in [5.41, 5.74) is 0.219. The summed E-state index contributed by atoms with van der Waals surface area (Å²) >= 11 is 0. The minimum atomic E-state index is -4.54. The Labute approximate surface area is 188 Å². The fourth-order valence-electron chi connectivity index (χ4n) is 3.06. The molecule has 0 saturated carbocycles. The molecule has 0 aliphatic carbocycles. The number of phenols is 2. The van der Waals surface area contributed by atoms with E-state index in [0.29, 0.717) is 10.8 Å². The van der Waals surface area contributed by atoms with Crippen molar-refractivity contribution >= 4 is 72.6 Å². The van der Waals surface area contributed by atoms with Gasteiger partial charge < -0.3 is 10.2 Å². The van der Waals surface area contributed by atoms with Crippen molar-refractivity contribution in [2.24, 2.45) is 10.2 Å². The van der Waals surface area contributed by atoms with Gasteiger partial charge in [-0.1, -0.05) is 54.6 Å². The zero-order valence-corrected chi connectivity index (χ0v) is 18.1. The van der Waals surface area contributed by atoms with Crippen LogP contribution >= 0.6 is 0 Å². The van der Waals surface area contributed by atoms with Crippen molar-refractivity contribution in [2.75, 3.05) is 0 Å². The van der Waals surface area contributed by atoms with Gasteiger partial charge in [-0.2, -0.15) is 8.42 Å². The molecule has 3 N–H and O–H groups in total. The minimum absolute atomic E-state index is 0. The van der Waals surface area contributed by atoms with E-state index in [-0.39, 0.29) is 52.1 Å². The molecule has 0 amide bonds. The van der Waals surface area contributed by atoms with Crippen LogP contribution in [0.5, 0.6) is 11.5 Å². The molecule has 0 fully saturated rings. The Kier molecular flexibility index (Phi) is 5.92. The third kappa shape index (κ3) is 3.98. The third-order valence-corrected chi connectivity index (χ3v) is 5.27. The smallest absolute Gasteiger partial charge is 0.295 e. The van der Waals surface area contributed by atoms with Gasteiger partial charge in [0, 0.05) is 51.8 Å². The minimum Gasteiger partial charge on any atom is -0.506 e. The monoisotopic (exact) mass is 417 g/mol. The summed E-state index contributed by atoms with van der Waals surface area (Å²) in [5, 5.41) is 30.7. The molecule has 4 aromatic rings. The van der Waals surface area contributed by atoms with Gasteiger partial charge in [0.25, 0.3) is 10.1 Å². The van der Waals surface area contributed by atoms with Gasteiger partial charge in [0.1, 0.15) is 22.0 Å². The van der Waals surface area contributed by atoms with Gasteiger partial charge >= 0.3 is 0 Å². The molecular weight excluding hydrogens is 403 g/mol. The van der Waals surface area contributed by atoms with Gasteiger partial charge in [-0.25, -0.2) is 0 Å². The molecular formula is C20H14N2NaO5S. The van der Waals surface area contributed by atoms with Crippen LogP contribution in [0.3, 0.4) is 0 Å². The first-order chi connectivity index (χ1) is 13.4. The Morgan fingerprint density at radius 2 is 1.38 bits per heavy atom. The van der Waals surface area contributed by atoms with Crippen molar-refractivity contribution in [2.45, 2.75) is 4.90 Å². The Bertz CT molecular complexity index is 1370. The number of rotatable bonds is 3. The molecule has 0 heterocycles. The van der Waals surface area contributed by atoms with Crippen LogP contribution in [0.1, 0.15) is 0 Å². The number of azo groups is 1. The Balaban J connectivity index is 0.00000240. The van der Waals surface area contributed by atoms with Crippen LogP contribution < -0.4 is 0 Å². The molecule has 0 bridgehead atoms. The van der Waals surface area contributed by atoms with E-state index in [0.717, 1.165) is 11.5 Å². The van der Waals surface area contributed by atoms with E-state index in [2.05, 4.69) is 10.2 Å². The molecule has 29 heavy (non-hydrogen) atoms. The molecule has 4 rings (SSSR count). The number of nitrogens with zero attached hydrogens (tertiary/aromatic N) is 2. The quantitative estimate of drug-likeness (QED) is 0.254. The van der Waals surface area contributed by atoms with Gasteiger partial charge in [-0.05, 0) is 11.5 Å². The van der Waals surface area contributed by atoms with Crippen LogP contribution in [0.4, 0.5) is 11.4 Å². The molecule has 7 nitrogen and oxygen atoms in total. The third-order valence-electron chi connectivity index (χ3n) is 4.37. The van der Waals surface area contributed by atoms with E-state index in [1.54, 1.807) is 42.5 Å². The topological polar surface area (TPSA) is 120 Å². The standard InChI is InChI=1S/C20H14N2O5S.Na/c23-17-11-18(28(25,26)27)14-7-3-4-8-15(14)19(17)22-21-16-10-9-12-5-1-2-6-13(12)20(16)24;/h1-11,23-24H,(H,25,26,27);. The molecule has 0 saturated heterocycles. The molecule has 0 atom stereocenters. The van der Waals surface area contributed by atoms with Crippen LogP contribution in [0.15, 0.2) is 81.9 Å². The maximum absolute atomic E-state index is 11.6. The van der Waals surface area contributed by atoms with Gasteiger partial charge in [0.15, 0.2) is 5.75 Å². The fourth-order valence-corrected chi connectivity index (χ4v) is 3.78. The fraction of sp³-hybridized carbons (Fsp3) is 0. The molecule has 0 aromatic heterocycles. The maximum atomic E-state index is 11.6.